The Morgan fingerprint density at radius 1 is 1.50 bits per heavy atom. The highest BCUT2D eigenvalue weighted by molar-refractivity contribution is 5.69. The maximum absolute atomic E-state index is 13.0. The molecule has 1 aromatic rings. The third kappa shape index (κ3) is 3.08. The lowest BCUT2D eigenvalue weighted by Crippen LogP contribution is -2.27. The topological polar surface area (TPSA) is 53.4 Å². The van der Waals surface area contributed by atoms with Crippen molar-refractivity contribution in [2.75, 3.05) is 6.61 Å². The van der Waals surface area contributed by atoms with Crippen LogP contribution in [0, 0.1) is 5.41 Å². The van der Waals surface area contributed by atoms with Gasteiger partial charge in [0, 0.05) is 18.7 Å². The molecule has 0 saturated heterocycles. The quantitative estimate of drug-likeness (QED) is 0.857. The van der Waals surface area contributed by atoms with E-state index in [4.69, 9.17) is 9.47 Å². The van der Waals surface area contributed by atoms with Crippen LogP contribution in [0.15, 0.2) is 12.3 Å². The summed E-state index contributed by atoms with van der Waals surface area (Å²) < 4.78 is 37.3. The van der Waals surface area contributed by atoms with Gasteiger partial charge in [0.05, 0.1) is 5.41 Å². The molecule has 7 heteroatoms. The largest absolute Gasteiger partial charge is 0.476 e. The van der Waals surface area contributed by atoms with Gasteiger partial charge in [0.25, 0.3) is 5.92 Å². The van der Waals surface area contributed by atoms with Gasteiger partial charge in [-0.3, -0.25) is 0 Å². The van der Waals surface area contributed by atoms with E-state index in [2.05, 4.69) is 5.10 Å². The molecule has 1 unspecified atom stereocenters. The Hall–Kier alpha value is -1.66. The maximum Gasteiger partial charge on any atom is 0.435 e. The van der Waals surface area contributed by atoms with Gasteiger partial charge in [0.2, 0.25) is 5.88 Å². The van der Waals surface area contributed by atoms with Crippen molar-refractivity contribution >= 4 is 6.09 Å². The molecule has 0 aliphatic heterocycles. The van der Waals surface area contributed by atoms with Gasteiger partial charge >= 0.3 is 6.09 Å². The van der Waals surface area contributed by atoms with Crippen molar-refractivity contribution in [3.8, 4) is 5.88 Å². The predicted molar refractivity (Wildman–Crippen MR) is 67.0 cm³/mol. The minimum Gasteiger partial charge on any atom is -0.476 e. The molecule has 1 aromatic heterocycles. The highest BCUT2D eigenvalue weighted by Crippen LogP contribution is 2.60. The first kappa shape index (κ1) is 14.7. The first-order valence-corrected chi connectivity index (χ1v) is 6.32. The highest BCUT2D eigenvalue weighted by atomic mass is 19.3. The van der Waals surface area contributed by atoms with Crippen molar-refractivity contribution < 1.29 is 23.0 Å². The zero-order valence-corrected chi connectivity index (χ0v) is 11.9. The molecule has 1 saturated carbocycles. The number of nitrogens with zero attached hydrogens (tertiary/aromatic N) is 2. The average molecular weight is 288 g/mol. The number of hydrogen-bond donors (Lipinski definition) is 0. The lowest BCUT2D eigenvalue weighted by atomic mass is 10.1. The first-order chi connectivity index (χ1) is 9.02. The van der Waals surface area contributed by atoms with Gasteiger partial charge in [-0.1, -0.05) is 6.92 Å². The summed E-state index contributed by atoms with van der Waals surface area (Å²) in [7, 11) is 0. The Labute approximate surface area is 115 Å². The highest BCUT2D eigenvalue weighted by Gasteiger charge is 2.68. The molecule has 0 spiro atoms. The SMILES string of the molecule is CC(C)(C)OC(=O)n1ccc(OCC2(C)CC2(F)F)n1. The molecule has 0 amide bonds. The van der Waals surface area contributed by atoms with Crippen LogP contribution in [0.2, 0.25) is 0 Å². The first-order valence-electron chi connectivity index (χ1n) is 6.32. The fourth-order valence-corrected chi connectivity index (χ4v) is 1.63. The third-order valence-corrected chi connectivity index (χ3v) is 3.05. The lowest BCUT2D eigenvalue weighted by Gasteiger charge is -2.18. The number of rotatable bonds is 3. The predicted octanol–water partition coefficient (Wildman–Crippen LogP) is 3.09. The number of hydrogen-bond acceptors (Lipinski definition) is 4. The van der Waals surface area contributed by atoms with Crippen LogP contribution in [0.5, 0.6) is 5.88 Å². The molecule has 2 rings (SSSR count). The molecule has 1 heterocycles. The van der Waals surface area contributed by atoms with Gasteiger partial charge in [-0.05, 0) is 20.8 Å². The number of carbonyl (C=O) groups excluding carboxylic acids is 1. The molecular weight excluding hydrogens is 270 g/mol. The smallest absolute Gasteiger partial charge is 0.435 e. The molecule has 20 heavy (non-hydrogen) atoms. The fourth-order valence-electron chi connectivity index (χ4n) is 1.63. The Kier molecular flexibility index (Phi) is 3.26. The Morgan fingerprint density at radius 3 is 2.60 bits per heavy atom. The number of halogens is 2. The van der Waals surface area contributed by atoms with Crippen molar-refractivity contribution in [3.63, 3.8) is 0 Å². The summed E-state index contributed by atoms with van der Waals surface area (Å²) >= 11 is 0. The second-order valence-electron chi connectivity index (χ2n) is 6.31. The molecular formula is C13H18F2N2O3. The average Bonchev–Trinajstić information content (AvgIpc) is 2.64. The van der Waals surface area contributed by atoms with Crippen LogP contribution in [0.4, 0.5) is 13.6 Å². The minimum atomic E-state index is -2.68. The van der Waals surface area contributed by atoms with Gasteiger partial charge in [-0.15, -0.1) is 5.10 Å². The van der Waals surface area contributed by atoms with Crippen LogP contribution in [-0.2, 0) is 4.74 Å². The molecule has 1 aliphatic carbocycles. The van der Waals surface area contributed by atoms with E-state index < -0.39 is 23.0 Å². The molecule has 112 valence electrons. The molecule has 1 aliphatic rings. The standard InChI is InChI=1S/C13H18F2N2O3/c1-11(2,3)20-10(18)17-6-5-9(16-17)19-8-12(4)7-13(12,14)15/h5-6H,7-8H2,1-4H3. The third-order valence-electron chi connectivity index (χ3n) is 3.05. The van der Waals surface area contributed by atoms with Crippen LogP contribution in [-0.4, -0.2) is 34.0 Å². The summed E-state index contributed by atoms with van der Waals surface area (Å²) in [5, 5.41) is 3.85. The summed E-state index contributed by atoms with van der Waals surface area (Å²) in [6, 6.07) is 1.44. The van der Waals surface area contributed by atoms with Crippen LogP contribution < -0.4 is 4.74 Å². The van der Waals surface area contributed by atoms with Crippen molar-refractivity contribution in [3.05, 3.63) is 12.3 Å². The summed E-state index contributed by atoms with van der Waals surface area (Å²) in [6.07, 6.45) is 0.541. The van der Waals surface area contributed by atoms with E-state index in [9.17, 15) is 13.6 Å². The van der Waals surface area contributed by atoms with Crippen LogP contribution >= 0.6 is 0 Å². The van der Waals surface area contributed by atoms with Crippen molar-refractivity contribution in [2.45, 2.75) is 45.6 Å². The normalized spacial score (nSPS) is 24.3. The second kappa shape index (κ2) is 4.43. The van der Waals surface area contributed by atoms with Crippen LogP contribution in [0.1, 0.15) is 34.1 Å². The van der Waals surface area contributed by atoms with E-state index in [1.54, 1.807) is 20.8 Å². The summed E-state index contributed by atoms with van der Waals surface area (Å²) in [5.41, 5.74) is -1.77. The Balaban J connectivity index is 1.91. The van der Waals surface area contributed by atoms with E-state index in [-0.39, 0.29) is 18.9 Å². The molecule has 1 atom stereocenters. The summed E-state index contributed by atoms with van der Waals surface area (Å²) in [4.78, 5) is 11.7. The van der Waals surface area contributed by atoms with E-state index in [1.807, 2.05) is 0 Å². The van der Waals surface area contributed by atoms with Gasteiger partial charge in [0.15, 0.2) is 0 Å². The van der Waals surface area contributed by atoms with E-state index in [1.165, 1.54) is 19.2 Å². The van der Waals surface area contributed by atoms with Crippen LogP contribution in [0.3, 0.4) is 0 Å². The molecule has 5 nitrogen and oxygen atoms in total. The Morgan fingerprint density at radius 2 is 2.10 bits per heavy atom. The summed E-state index contributed by atoms with van der Waals surface area (Å²) in [6.45, 7) is 6.54. The second-order valence-corrected chi connectivity index (χ2v) is 6.31. The molecule has 0 bridgehead atoms. The molecule has 0 N–H and O–H groups in total. The number of alkyl halides is 2. The van der Waals surface area contributed by atoms with Gasteiger partial charge in [-0.25, -0.2) is 13.6 Å². The van der Waals surface area contributed by atoms with E-state index >= 15 is 0 Å². The monoisotopic (exact) mass is 288 g/mol. The van der Waals surface area contributed by atoms with E-state index in [0.717, 1.165) is 4.68 Å². The minimum absolute atomic E-state index is 0.125. The van der Waals surface area contributed by atoms with Gasteiger partial charge < -0.3 is 9.47 Å². The van der Waals surface area contributed by atoms with Crippen LogP contribution in [0.25, 0.3) is 0 Å². The molecule has 0 radical (unpaired) electrons. The fraction of sp³-hybridized carbons (Fsp3) is 0.692. The van der Waals surface area contributed by atoms with Gasteiger partial charge in [-0.2, -0.15) is 4.68 Å². The van der Waals surface area contributed by atoms with Gasteiger partial charge in [0.1, 0.15) is 12.2 Å². The Bertz CT molecular complexity index is 522. The number of carbonyl (C=O) groups is 1. The van der Waals surface area contributed by atoms with E-state index in [0.29, 0.717) is 0 Å². The maximum atomic E-state index is 13.0. The summed E-state index contributed by atoms with van der Waals surface area (Å²) in [5.74, 6) is -2.56. The zero-order valence-electron chi connectivity index (χ0n) is 11.9. The zero-order chi connectivity index (χ0) is 15.2. The van der Waals surface area contributed by atoms with Crippen molar-refractivity contribution in [2.24, 2.45) is 5.41 Å². The molecule has 1 fully saturated rings. The number of ether oxygens (including phenoxy) is 2. The number of aromatic nitrogens is 2. The lowest BCUT2D eigenvalue weighted by molar-refractivity contribution is 0.0462. The molecule has 0 aromatic carbocycles. The van der Waals surface area contributed by atoms with Crippen molar-refractivity contribution in [1.29, 1.82) is 0 Å². The van der Waals surface area contributed by atoms with Crippen molar-refractivity contribution in [1.82, 2.24) is 9.78 Å².